The molecule has 0 amide bonds. The van der Waals surface area contributed by atoms with Crippen molar-refractivity contribution in [1.82, 2.24) is 9.56 Å². The van der Waals surface area contributed by atoms with Crippen molar-refractivity contribution in [3.63, 3.8) is 0 Å². The average Bonchev–Trinajstić information content (AvgIpc) is 2.62. The summed E-state index contributed by atoms with van der Waals surface area (Å²) in [6, 6.07) is 16.1. The van der Waals surface area contributed by atoms with Crippen molar-refractivity contribution >= 4 is 27.6 Å². The van der Waals surface area contributed by atoms with Gasteiger partial charge in [-0.15, -0.1) is 0 Å². The van der Waals surface area contributed by atoms with Crippen molar-refractivity contribution in [2.24, 2.45) is 0 Å². The number of nitrogens with zero attached hydrogens (tertiary/aromatic N) is 2. The molecule has 2 aromatic rings. The fourth-order valence-electron chi connectivity index (χ4n) is 3.26. The summed E-state index contributed by atoms with van der Waals surface area (Å²) in [6.07, 6.45) is 0. The third-order valence-electron chi connectivity index (χ3n) is 4.54. The van der Waals surface area contributed by atoms with E-state index in [0.717, 1.165) is 51.8 Å². The molecule has 2 aromatic carbocycles. The van der Waals surface area contributed by atoms with Crippen LogP contribution in [0, 0.1) is 0 Å². The molecule has 25 heavy (non-hydrogen) atoms. The minimum Gasteiger partial charge on any atom is -0.452 e. The zero-order chi connectivity index (χ0) is 16.7. The second-order valence-electron chi connectivity index (χ2n) is 5.90. The maximum absolute atomic E-state index is 6.19. The van der Waals surface area contributed by atoms with Gasteiger partial charge >= 0.3 is 0 Å². The fraction of sp³-hybridized carbons (Fsp3) is 0.238. The van der Waals surface area contributed by atoms with Crippen LogP contribution in [0.15, 0.2) is 52.9 Å². The highest BCUT2D eigenvalue weighted by Crippen LogP contribution is 2.32. The number of aromatic nitrogens is 1. The summed E-state index contributed by atoms with van der Waals surface area (Å²) < 4.78 is 8.43. The lowest BCUT2D eigenvalue weighted by Gasteiger charge is -2.10. The molecular formula is C21H24N3O+. The molecule has 0 fully saturated rings. The van der Waals surface area contributed by atoms with E-state index in [2.05, 4.69) is 30.6 Å². The minimum atomic E-state index is 0. The van der Waals surface area contributed by atoms with Crippen molar-refractivity contribution < 1.29 is 4.42 Å². The highest BCUT2D eigenvalue weighted by atomic mass is 16.3. The lowest BCUT2D eigenvalue weighted by molar-refractivity contribution is 0.600. The number of hydrogen-bond acceptors (Lipinski definition) is 3. The fourth-order valence-corrected chi connectivity index (χ4v) is 3.26. The largest absolute Gasteiger partial charge is 0.452 e. The van der Waals surface area contributed by atoms with Gasteiger partial charge in [0.25, 0.3) is 0 Å². The summed E-state index contributed by atoms with van der Waals surface area (Å²) in [5.41, 5.74) is 9.33. The molecule has 2 N–H and O–H groups in total. The molecule has 4 rings (SSSR count). The third kappa shape index (κ3) is 2.74. The quantitative estimate of drug-likeness (QED) is 0.260. The van der Waals surface area contributed by atoms with Gasteiger partial charge in [-0.1, -0.05) is 31.7 Å². The zero-order valence-electron chi connectivity index (χ0n) is 13.9. The van der Waals surface area contributed by atoms with Crippen molar-refractivity contribution in [2.75, 3.05) is 18.8 Å². The number of nitrogen functional groups attached to an aromatic ring is 1. The number of rotatable bonds is 2. The van der Waals surface area contributed by atoms with Crippen LogP contribution in [0.5, 0.6) is 0 Å². The first-order chi connectivity index (χ1) is 11.7. The molecule has 2 aliphatic rings. The van der Waals surface area contributed by atoms with Gasteiger partial charge in [-0.25, -0.2) is 9.56 Å². The van der Waals surface area contributed by atoms with E-state index in [9.17, 15) is 0 Å². The normalized spacial score (nSPS) is 11.0. The Balaban J connectivity index is 0.00000182. The summed E-state index contributed by atoms with van der Waals surface area (Å²) in [6.45, 7) is 6.22. The summed E-state index contributed by atoms with van der Waals surface area (Å²) in [7, 11) is 0. The zero-order valence-corrected chi connectivity index (χ0v) is 13.9. The molecule has 0 aromatic heterocycles. The number of fused-ring (bicyclic) bond motifs is 4. The lowest BCUT2D eigenvalue weighted by Crippen LogP contribution is -2.29. The predicted molar refractivity (Wildman–Crippen MR) is 106 cm³/mol. The molecule has 0 unspecified atom stereocenters. The second-order valence-corrected chi connectivity index (χ2v) is 5.90. The molecule has 4 nitrogen and oxygen atoms in total. The van der Waals surface area contributed by atoms with Crippen LogP contribution in [0.1, 0.15) is 21.3 Å². The molecule has 4 heteroatoms. The Morgan fingerprint density at radius 1 is 1.00 bits per heavy atom. The summed E-state index contributed by atoms with van der Waals surface area (Å²) >= 11 is 0. The molecular weight excluding hydrogens is 310 g/mol. The summed E-state index contributed by atoms with van der Waals surface area (Å²) in [5, 5.41) is 3.17. The van der Waals surface area contributed by atoms with Crippen LogP contribution >= 0.6 is 0 Å². The highest BCUT2D eigenvalue weighted by molar-refractivity contribution is 6.09. The third-order valence-corrected chi connectivity index (χ3v) is 4.54. The monoisotopic (exact) mass is 334 g/mol. The first-order valence-electron chi connectivity index (χ1n) is 8.31. The van der Waals surface area contributed by atoms with E-state index in [1.807, 2.05) is 36.4 Å². The van der Waals surface area contributed by atoms with E-state index < -0.39 is 0 Å². The number of hydrogen-bond donors (Lipinski definition) is 1. The van der Waals surface area contributed by atoms with Gasteiger partial charge in [0.05, 0.1) is 6.07 Å². The van der Waals surface area contributed by atoms with Crippen LogP contribution in [0.2, 0.25) is 0 Å². The molecule has 1 aliphatic carbocycles. The van der Waals surface area contributed by atoms with Crippen LogP contribution in [0.25, 0.3) is 33.3 Å². The topological polar surface area (TPSA) is 55.1 Å². The van der Waals surface area contributed by atoms with E-state index in [1.54, 1.807) is 0 Å². The SMILES string of the molecule is C.CC[N+](CC)=c1ccc2nc3c(cc(N)c4ccccc43)oc-2c1. The van der Waals surface area contributed by atoms with Gasteiger partial charge in [0.2, 0.25) is 5.36 Å². The van der Waals surface area contributed by atoms with Crippen molar-refractivity contribution in [1.29, 1.82) is 0 Å². The Kier molecular flexibility index (Phi) is 4.45. The van der Waals surface area contributed by atoms with Crippen molar-refractivity contribution in [2.45, 2.75) is 21.3 Å². The standard InChI is InChI=1S/C20H19N3O.CH4/c1-3-23(4-2)13-9-10-17-18(11-13)24-19-12-16(21)14-7-5-6-8-15(14)20(19)22-17;/h5-12,21H,3-4H2,1-2H3;1H4/p+1. The Bertz CT molecular complexity index is 1090. The molecule has 0 atom stereocenters. The molecule has 128 valence electrons. The van der Waals surface area contributed by atoms with E-state index in [-0.39, 0.29) is 7.43 Å². The van der Waals surface area contributed by atoms with Gasteiger partial charge in [0, 0.05) is 28.6 Å². The van der Waals surface area contributed by atoms with E-state index in [0.29, 0.717) is 5.69 Å². The smallest absolute Gasteiger partial charge is 0.203 e. The first-order valence-corrected chi connectivity index (χ1v) is 8.31. The van der Waals surface area contributed by atoms with Gasteiger partial charge in [0.15, 0.2) is 11.3 Å². The van der Waals surface area contributed by atoms with Crippen LogP contribution in [-0.4, -0.2) is 18.1 Å². The predicted octanol–water partition coefficient (Wildman–Crippen LogP) is 4.12. The van der Waals surface area contributed by atoms with Gasteiger partial charge in [0.1, 0.15) is 24.3 Å². The van der Waals surface area contributed by atoms with E-state index in [1.165, 1.54) is 0 Å². The number of anilines is 1. The Labute approximate surface area is 147 Å². The molecule has 0 saturated heterocycles. The average molecular weight is 334 g/mol. The van der Waals surface area contributed by atoms with Crippen molar-refractivity contribution in [3.05, 3.63) is 53.9 Å². The van der Waals surface area contributed by atoms with Gasteiger partial charge in [-0.2, -0.15) is 0 Å². The van der Waals surface area contributed by atoms with Crippen LogP contribution < -0.4 is 15.7 Å². The Morgan fingerprint density at radius 3 is 2.44 bits per heavy atom. The first kappa shape index (κ1) is 17.0. The molecule has 0 radical (unpaired) electrons. The molecule has 0 saturated carbocycles. The Morgan fingerprint density at radius 2 is 1.72 bits per heavy atom. The maximum atomic E-state index is 6.19. The van der Waals surface area contributed by atoms with Crippen LogP contribution in [0.3, 0.4) is 0 Å². The minimum absolute atomic E-state index is 0. The maximum Gasteiger partial charge on any atom is 0.203 e. The highest BCUT2D eigenvalue weighted by Gasteiger charge is 2.14. The van der Waals surface area contributed by atoms with Crippen LogP contribution in [-0.2, 0) is 0 Å². The number of nitrogens with two attached hydrogens (primary N) is 1. The molecule has 0 spiro atoms. The van der Waals surface area contributed by atoms with E-state index >= 15 is 0 Å². The van der Waals surface area contributed by atoms with Gasteiger partial charge in [-0.3, -0.25) is 0 Å². The van der Waals surface area contributed by atoms with E-state index in [4.69, 9.17) is 15.1 Å². The lowest BCUT2D eigenvalue weighted by atomic mass is 10.1. The summed E-state index contributed by atoms with van der Waals surface area (Å²) in [5.74, 6) is 0.779. The van der Waals surface area contributed by atoms with Gasteiger partial charge in [-0.05, 0) is 19.9 Å². The second kappa shape index (κ2) is 6.55. The van der Waals surface area contributed by atoms with Crippen LogP contribution in [0.4, 0.5) is 5.69 Å². The van der Waals surface area contributed by atoms with Gasteiger partial charge < -0.3 is 10.2 Å². The molecule has 0 bridgehead atoms. The Hall–Kier alpha value is -2.88. The molecule has 1 heterocycles. The summed E-state index contributed by atoms with van der Waals surface area (Å²) in [4.78, 5) is 4.83. The van der Waals surface area contributed by atoms with Crippen molar-refractivity contribution in [3.8, 4) is 11.5 Å². The number of benzene rings is 3. The molecule has 1 aliphatic heterocycles.